The summed E-state index contributed by atoms with van der Waals surface area (Å²) in [6, 6.07) is 17.5. The Morgan fingerprint density at radius 3 is 2.56 bits per heavy atom. The third kappa shape index (κ3) is 5.01. The predicted octanol–water partition coefficient (Wildman–Crippen LogP) is 3.43. The smallest absolute Gasteiger partial charge is 0.260 e. The molecule has 0 aliphatic carbocycles. The molecule has 0 atom stereocenters. The minimum absolute atomic E-state index is 0.0143. The summed E-state index contributed by atoms with van der Waals surface area (Å²) in [7, 11) is 1.52. The van der Waals surface area contributed by atoms with Crippen molar-refractivity contribution in [1.82, 2.24) is 4.90 Å². The van der Waals surface area contributed by atoms with Crippen LogP contribution in [0.25, 0.3) is 0 Å². The number of likely N-dealkylation sites (tertiary alicyclic amines) is 1. The van der Waals surface area contributed by atoms with E-state index in [9.17, 15) is 4.79 Å². The summed E-state index contributed by atoms with van der Waals surface area (Å²) >= 11 is 0. The third-order valence-corrected chi connectivity index (χ3v) is 4.98. The zero-order valence-electron chi connectivity index (χ0n) is 15.6. The highest BCUT2D eigenvalue weighted by molar-refractivity contribution is 5.78. The molecule has 0 spiro atoms. The maximum atomic E-state index is 12.5. The van der Waals surface area contributed by atoms with Gasteiger partial charge in [0.1, 0.15) is 0 Å². The SMILES string of the molecule is COc1cc(C#N)ccc1OCC(=O)N1CCC(Cc2ccccc2)CC1. The van der Waals surface area contributed by atoms with Gasteiger partial charge in [0, 0.05) is 19.2 Å². The minimum Gasteiger partial charge on any atom is -0.493 e. The number of methoxy groups -OCH3 is 1. The molecule has 1 aliphatic heterocycles. The van der Waals surface area contributed by atoms with Crippen LogP contribution >= 0.6 is 0 Å². The first kappa shape index (κ1) is 18.8. The molecule has 27 heavy (non-hydrogen) atoms. The zero-order valence-corrected chi connectivity index (χ0v) is 15.6. The van der Waals surface area contributed by atoms with Crippen molar-refractivity contribution in [3.05, 3.63) is 59.7 Å². The van der Waals surface area contributed by atoms with Crippen LogP contribution in [0.15, 0.2) is 48.5 Å². The first-order valence-corrected chi connectivity index (χ1v) is 9.22. The fourth-order valence-electron chi connectivity index (χ4n) is 3.42. The van der Waals surface area contributed by atoms with E-state index in [-0.39, 0.29) is 12.5 Å². The van der Waals surface area contributed by atoms with Crippen molar-refractivity contribution < 1.29 is 14.3 Å². The number of carbonyl (C=O) groups excluding carboxylic acids is 1. The number of hydrogen-bond acceptors (Lipinski definition) is 4. The van der Waals surface area contributed by atoms with Gasteiger partial charge in [-0.3, -0.25) is 4.79 Å². The van der Waals surface area contributed by atoms with E-state index in [1.54, 1.807) is 18.2 Å². The monoisotopic (exact) mass is 364 g/mol. The van der Waals surface area contributed by atoms with E-state index in [2.05, 4.69) is 30.3 Å². The molecular weight excluding hydrogens is 340 g/mol. The molecule has 0 radical (unpaired) electrons. The fraction of sp³-hybridized carbons (Fsp3) is 0.364. The standard InChI is InChI=1S/C22H24N2O3/c1-26-21-14-19(15-23)7-8-20(21)27-16-22(25)24-11-9-18(10-12-24)13-17-5-3-2-4-6-17/h2-8,14,18H,9-13,16H2,1H3. The molecule has 1 heterocycles. The van der Waals surface area contributed by atoms with E-state index in [1.165, 1.54) is 12.7 Å². The van der Waals surface area contributed by atoms with Crippen molar-refractivity contribution in [2.24, 2.45) is 5.92 Å². The summed E-state index contributed by atoms with van der Waals surface area (Å²) in [6.07, 6.45) is 3.10. The van der Waals surface area contributed by atoms with Gasteiger partial charge < -0.3 is 14.4 Å². The molecular formula is C22H24N2O3. The van der Waals surface area contributed by atoms with Crippen molar-refractivity contribution in [2.75, 3.05) is 26.8 Å². The molecule has 0 unspecified atom stereocenters. The van der Waals surface area contributed by atoms with Crippen LogP contribution in [-0.2, 0) is 11.2 Å². The molecule has 0 aromatic heterocycles. The van der Waals surface area contributed by atoms with E-state index in [1.807, 2.05) is 11.0 Å². The highest BCUT2D eigenvalue weighted by Gasteiger charge is 2.23. The summed E-state index contributed by atoms with van der Waals surface area (Å²) in [5, 5.41) is 8.94. The summed E-state index contributed by atoms with van der Waals surface area (Å²) in [5.74, 6) is 1.54. The number of nitriles is 1. The highest BCUT2D eigenvalue weighted by atomic mass is 16.5. The number of benzene rings is 2. The zero-order chi connectivity index (χ0) is 19.1. The summed E-state index contributed by atoms with van der Waals surface area (Å²) in [4.78, 5) is 14.3. The Labute approximate surface area is 160 Å². The van der Waals surface area contributed by atoms with Gasteiger partial charge in [0.2, 0.25) is 0 Å². The lowest BCUT2D eigenvalue weighted by atomic mass is 9.90. The maximum absolute atomic E-state index is 12.5. The first-order valence-electron chi connectivity index (χ1n) is 9.22. The molecule has 2 aromatic carbocycles. The van der Waals surface area contributed by atoms with Gasteiger partial charge in [-0.25, -0.2) is 0 Å². The number of amides is 1. The van der Waals surface area contributed by atoms with Gasteiger partial charge >= 0.3 is 0 Å². The molecule has 1 aliphatic rings. The number of carbonyl (C=O) groups is 1. The molecule has 0 N–H and O–H groups in total. The number of rotatable bonds is 6. The van der Waals surface area contributed by atoms with Gasteiger partial charge in [0.25, 0.3) is 5.91 Å². The van der Waals surface area contributed by atoms with Crippen molar-refractivity contribution in [3.8, 4) is 17.6 Å². The Hall–Kier alpha value is -3.00. The van der Waals surface area contributed by atoms with Gasteiger partial charge in [-0.1, -0.05) is 30.3 Å². The first-order chi connectivity index (χ1) is 13.2. The third-order valence-electron chi connectivity index (χ3n) is 4.98. The molecule has 3 rings (SSSR count). The van der Waals surface area contributed by atoms with Crippen molar-refractivity contribution in [1.29, 1.82) is 5.26 Å². The maximum Gasteiger partial charge on any atom is 0.260 e. The molecule has 5 nitrogen and oxygen atoms in total. The fourth-order valence-corrected chi connectivity index (χ4v) is 3.42. The van der Waals surface area contributed by atoms with Gasteiger partial charge in [0.05, 0.1) is 18.7 Å². The molecule has 1 amide bonds. The number of hydrogen-bond donors (Lipinski definition) is 0. The molecule has 0 bridgehead atoms. The summed E-state index contributed by atoms with van der Waals surface area (Å²) in [6.45, 7) is 1.51. The summed E-state index contributed by atoms with van der Waals surface area (Å²) in [5.41, 5.74) is 1.85. The van der Waals surface area contributed by atoms with E-state index in [0.717, 1.165) is 32.4 Å². The minimum atomic E-state index is -0.0222. The molecule has 1 saturated heterocycles. The largest absolute Gasteiger partial charge is 0.493 e. The average molecular weight is 364 g/mol. The molecule has 1 fully saturated rings. The highest BCUT2D eigenvalue weighted by Crippen LogP contribution is 2.28. The van der Waals surface area contributed by atoms with Crippen molar-refractivity contribution in [3.63, 3.8) is 0 Å². The van der Waals surface area contributed by atoms with Gasteiger partial charge in [0.15, 0.2) is 18.1 Å². The summed E-state index contributed by atoms with van der Waals surface area (Å²) < 4.78 is 10.9. The lowest BCUT2D eigenvalue weighted by Gasteiger charge is -2.32. The molecule has 5 heteroatoms. The second-order valence-electron chi connectivity index (χ2n) is 6.78. The second-order valence-corrected chi connectivity index (χ2v) is 6.78. The molecule has 2 aromatic rings. The van der Waals surface area contributed by atoms with Crippen LogP contribution in [0.5, 0.6) is 11.5 Å². The van der Waals surface area contributed by atoms with E-state index >= 15 is 0 Å². The lowest BCUT2D eigenvalue weighted by Crippen LogP contribution is -2.41. The van der Waals surface area contributed by atoms with Gasteiger partial charge in [-0.05, 0) is 42.9 Å². The Morgan fingerprint density at radius 2 is 1.89 bits per heavy atom. The number of nitrogens with zero attached hydrogens (tertiary/aromatic N) is 2. The quantitative estimate of drug-likeness (QED) is 0.788. The van der Waals surface area contributed by atoms with E-state index in [4.69, 9.17) is 14.7 Å². The molecule has 0 saturated carbocycles. The van der Waals surface area contributed by atoms with Gasteiger partial charge in [-0.15, -0.1) is 0 Å². The van der Waals surface area contributed by atoms with E-state index < -0.39 is 0 Å². The van der Waals surface area contributed by atoms with Crippen LogP contribution < -0.4 is 9.47 Å². The number of ether oxygens (including phenoxy) is 2. The van der Waals surface area contributed by atoms with Crippen molar-refractivity contribution in [2.45, 2.75) is 19.3 Å². The Kier molecular flexibility index (Phi) is 6.32. The Balaban J connectivity index is 1.48. The average Bonchev–Trinajstić information content (AvgIpc) is 2.73. The normalized spacial score (nSPS) is 14.4. The van der Waals surface area contributed by atoms with Crippen LogP contribution in [0.4, 0.5) is 0 Å². The number of piperidine rings is 1. The van der Waals surface area contributed by atoms with Crippen LogP contribution in [0, 0.1) is 17.2 Å². The lowest BCUT2D eigenvalue weighted by molar-refractivity contribution is -0.134. The van der Waals surface area contributed by atoms with Crippen LogP contribution in [-0.4, -0.2) is 37.6 Å². The Morgan fingerprint density at radius 1 is 1.15 bits per heavy atom. The van der Waals surface area contributed by atoms with Crippen LogP contribution in [0.3, 0.4) is 0 Å². The van der Waals surface area contributed by atoms with Gasteiger partial charge in [-0.2, -0.15) is 5.26 Å². The predicted molar refractivity (Wildman–Crippen MR) is 103 cm³/mol. The molecule has 140 valence electrons. The topological polar surface area (TPSA) is 62.6 Å². The van der Waals surface area contributed by atoms with Crippen LogP contribution in [0.2, 0.25) is 0 Å². The van der Waals surface area contributed by atoms with Crippen molar-refractivity contribution >= 4 is 5.91 Å². The van der Waals surface area contributed by atoms with E-state index in [0.29, 0.717) is 23.0 Å². The van der Waals surface area contributed by atoms with Crippen LogP contribution in [0.1, 0.15) is 24.0 Å². The Bertz CT molecular complexity index is 806. The second kappa shape index (κ2) is 9.09.